The van der Waals surface area contributed by atoms with Crippen molar-refractivity contribution in [1.82, 2.24) is 0 Å². The third kappa shape index (κ3) is 5.75. The van der Waals surface area contributed by atoms with Crippen LogP contribution in [0.2, 0.25) is 0 Å². The highest BCUT2D eigenvalue weighted by Gasteiger charge is 2.18. The van der Waals surface area contributed by atoms with Crippen molar-refractivity contribution in [3.05, 3.63) is 42.5 Å². The minimum Gasteiger partial charge on any atom is -0.225 e. The molecule has 0 aliphatic carbocycles. The Kier molecular flexibility index (Phi) is 8.07. The zero-order chi connectivity index (χ0) is 15.0. The molecule has 2 heteroatoms. The summed E-state index contributed by atoms with van der Waals surface area (Å²) in [5.74, 6) is 2.15. The lowest BCUT2D eigenvalue weighted by molar-refractivity contribution is 0.281. The first-order valence-corrected chi connectivity index (χ1v) is 8.54. The van der Waals surface area contributed by atoms with Crippen LogP contribution < -0.4 is 5.30 Å². The topological polar surface area (TPSA) is 0 Å². The lowest BCUT2D eigenvalue weighted by Crippen LogP contribution is -2.16. The van der Waals surface area contributed by atoms with Crippen molar-refractivity contribution in [2.45, 2.75) is 46.5 Å². The van der Waals surface area contributed by atoms with Gasteiger partial charge >= 0.3 is 0 Å². The quantitative estimate of drug-likeness (QED) is 0.406. The van der Waals surface area contributed by atoms with E-state index >= 15 is 0 Å². The van der Waals surface area contributed by atoms with Crippen LogP contribution in [0.3, 0.4) is 0 Å². The molecule has 0 heterocycles. The van der Waals surface area contributed by atoms with E-state index in [1.54, 1.807) is 0 Å². The van der Waals surface area contributed by atoms with E-state index in [4.69, 9.17) is 0 Å². The summed E-state index contributed by atoms with van der Waals surface area (Å²) in [6, 6.07) is 8.00. The van der Waals surface area contributed by atoms with Crippen molar-refractivity contribution < 1.29 is 4.20 Å². The molecule has 0 N–H and O–H groups in total. The zero-order valence-electron chi connectivity index (χ0n) is 13.0. The summed E-state index contributed by atoms with van der Waals surface area (Å²) in [5.41, 5.74) is 1.33. The van der Waals surface area contributed by atoms with Crippen molar-refractivity contribution >= 4 is 14.2 Å². The first-order valence-electron chi connectivity index (χ1n) is 7.67. The smallest absolute Gasteiger partial charge is 0.0984 e. The molecule has 20 heavy (non-hydrogen) atoms. The molecule has 0 aromatic heterocycles. The summed E-state index contributed by atoms with van der Waals surface area (Å²) in [5, 5.41) is 0.799. The number of hydrogen-bond donors (Lipinski definition) is 0. The van der Waals surface area contributed by atoms with Crippen molar-refractivity contribution in [2.24, 2.45) is 17.8 Å². The van der Waals surface area contributed by atoms with Gasteiger partial charge in [0.15, 0.2) is 0 Å². The predicted octanol–water partition coefficient (Wildman–Crippen LogP) is 5.68. The molecule has 0 amide bonds. The molecule has 0 radical (unpaired) electrons. The van der Waals surface area contributed by atoms with Crippen LogP contribution in [0.5, 0.6) is 0 Å². The summed E-state index contributed by atoms with van der Waals surface area (Å²) >= 11 is 0. The molecule has 4 unspecified atom stereocenters. The fraction of sp³-hybridized carbons (Fsp3) is 0.556. The molecule has 112 valence electrons. The van der Waals surface area contributed by atoms with Crippen LogP contribution in [0, 0.1) is 17.8 Å². The third-order valence-corrected chi connectivity index (χ3v) is 4.78. The van der Waals surface area contributed by atoms with Gasteiger partial charge in [0.05, 0.1) is 8.89 Å². The standard InChI is InChI=1S/C18H28FP/c1-5-7-14(3)12-17(6-2)15(4)13-16-8-10-18(20-19)11-9-16/h5,8-11,14-15,17,20H,1,6-7,12-13H2,2-4H3. The van der Waals surface area contributed by atoms with Crippen molar-refractivity contribution in [2.75, 3.05) is 0 Å². The van der Waals surface area contributed by atoms with Gasteiger partial charge in [0.1, 0.15) is 0 Å². The van der Waals surface area contributed by atoms with Gasteiger partial charge in [-0.3, -0.25) is 0 Å². The van der Waals surface area contributed by atoms with Crippen LogP contribution in [0.1, 0.15) is 45.6 Å². The Hall–Kier alpha value is -0.680. The Morgan fingerprint density at radius 2 is 1.90 bits per heavy atom. The van der Waals surface area contributed by atoms with Gasteiger partial charge in [-0.15, -0.1) is 6.58 Å². The molecule has 0 spiro atoms. The Balaban J connectivity index is 2.56. The minimum absolute atomic E-state index is 0.595. The SMILES string of the molecule is C=CCC(C)CC(CC)C(C)Cc1ccc(PF)cc1. The van der Waals surface area contributed by atoms with Gasteiger partial charge in [-0.2, -0.15) is 0 Å². The van der Waals surface area contributed by atoms with E-state index in [2.05, 4.69) is 39.5 Å². The maximum Gasteiger partial charge on any atom is 0.0984 e. The molecule has 0 aliphatic heterocycles. The first-order chi connectivity index (χ1) is 9.60. The molecule has 0 saturated heterocycles. The third-order valence-electron chi connectivity index (χ3n) is 4.22. The molecule has 1 rings (SSSR count). The largest absolute Gasteiger partial charge is 0.225 e. The normalized spacial score (nSPS) is 16.2. The van der Waals surface area contributed by atoms with Crippen molar-refractivity contribution in [3.8, 4) is 0 Å². The van der Waals surface area contributed by atoms with Gasteiger partial charge in [0.25, 0.3) is 0 Å². The fourth-order valence-electron chi connectivity index (χ4n) is 2.94. The summed E-state index contributed by atoms with van der Waals surface area (Å²) in [6.45, 7) is 10.8. The lowest BCUT2D eigenvalue weighted by Gasteiger charge is -2.25. The number of halogens is 1. The van der Waals surface area contributed by atoms with Crippen LogP contribution >= 0.6 is 8.89 Å². The van der Waals surface area contributed by atoms with Gasteiger partial charge in [-0.25, -0.2) is 4.20 Å². The molecule has 0 bridgehead atoms. The Bertz CT molecular complexity index is 385. The molecule has 0 saturated carbocycles. The summed E-state index contributed by atoms with van der Waals surface area (Å²) in [4.78, 5) is 0. The highest BCUT2D eigenvalue weighted by molar-refractivity contribution is 7.41. The fourth-order valence-corrected chi connectivity index (χ4v) is 3.23. The Morgan fingerprint density at radius 3 is 2.40 bits per heavy atom. The van der Waals surface area contributed by atoms with Crippen LogP contribution in [-0.4, -0.2) is 0 Å². The molecular weight excluding hydrogens is 266 g/mol. The molecule has 4 atom stereocenters. The van der Waals surface area contributed by atoms with E-state index in [0.717, 1.165) is 30.0 Å². The highest BCUT2D eigenvalue weighted by atomic mass is 31.1. The molecule has 0 aliphatic rings. The second-order valence-electron chi connectivity index (χ2n) is 6.01. The molecular formula is C18H28FP. The molecule has 0 nitrogen and oxygen atoms in total. The second kappa shape index (κ2) is 9.29. The first kappa shape index (κ1) is 17.4. The monoisotopic (exact) mass is 294 g/mol. The van der Waals surface area contributed by atoms with E-state index in [9.17, 15) is 4.20 Å². The molecule has 1 aromatic rings. The number of hydrogen-bond acceptors (Lipinski definition) is 0. The Labute approximate surface area is 125 Å². The average Bonchev–Trinajstić information content (AvgIpc) is 2.45. The maximum atomic E-state index is 12.5. The lowest BCUT2D eigenvalue weighted by atomic mass is 9.80. The molecule has 1 aromatic carbocycles. The van der Waals surface area contributed by atoms with Gasteiger partial charge in [-0.1, -0.05) is 57.5 Å². The zero-order valence-corrected chi connectivity index (χ0v) is 14.0. The van der Waals surface area contributed by atoms with Crippen molar-refractivity contribution in [3.63, 3.8) is 0 Å². The maximum absolute atomic E-state index is 12.5. The summed E-state index contributed by atoms with van der Waals surface area (Å²) < 4.78 is 12.5. The van der Waals surface area contributed by atoms with Crippen LogP contribution in [0.15, 0.2) is 36.9 Å². The van der Waals surface area contributed by atoms with Gasteiger partial charge < -0.3 is 0 Å². The molecule has 0 fully saturated rings. The summed E-state index contributed by atoms with van der Waals surface area (Å²) in [6.07, 6.45) is 6.73. The second-order valence-corrected chi connectivity index (χ2v) is 6.77. The minimum atomic E-state index is -0.595. The van der Waals surface area contributed by atoms with Gasteiger partial charge in [-0.05, 0) is 42.6 Å². The van der Waals surface area contributed by atoms with Crippen LogP contribution in [0.25, 0.3) is 0 Å². The average molecular weight is 294 g/mol. The van der Waals surface area contributed by atoms with E-state index in [0.29, 0.717) is 5.92 Å². The summed E-state index contributed by atoms with van der Waals surface area (Å²) in [7, 11) is -0.595. The highest BCUT2D eigenvalue weighted by Crippen LogP contribution is 2.28. The van der Waals surface area contributed by atoms with E-state index in [-0.39, 0.29) is 0 Å². The number of rotatable bonds is 9. The van der Waals surface area contributed by atoms with Crippen LogP contribution in [-0.2, 0) is 6.42 Å². The van der Waals surface area contributed by atoms with Crippen molar-refractivity contribution in [1.29, 1.82) is 0 Å². The number of benzene rings is 1. The predicted molar refractivity (Wildman–Crippen MR) is 90.7 cm³/mol. The van der Waals surface area contributed by atoms with E-state index in [1.165, 1.54) is 18.4 Å². The van der Waals surface area contributed by atoms with E-state index < -0.39 is 8.89 Å². The van der Waals surface area contributed by atoms with E-state index in [1.807, 2.05) is 18.2 Å². The van der Waals surface area contributed by atoms with Gasteiger partial charge in [0.2, 0.25) is 0 Å². The van der Waals surface area contributed by atoms with Gasteiger partial charge in [0, 0.05) is 5.30 Å². The number of allylic oxidation sites excluding steroid dienone is 1. The van der Waals surface area contributed by atoms with Crippen LogP contribution in [0.4, 0.5) is 4.20 Å². The Morgan fingerprint density at radius 1 is 1.25 bits per heavy atom.